The molecule has 0 amide bonds. The van der Waals surface area contributed by atoms with Gasteiger partial charge < -0.3 is 13.7 Å². The highest BCUT2D eigenvalue weighted by Crippen LogP contribution is 2.17. The smallest absolute Gasteiger partial charge is 0.375 e. The van der Waals surface area contributed by atoms with Gasteiger partial charge >= 0.3 is 22.1 Å². The Bertz CT molecular complexity index is 656. The SMILES string of the molecule is COC(=O)/C=C(\OS(=O)(=O)c1ccc(C)cc1)C(=O)OC. The van der Waals surface area contributed by atoms with Crippen LogP contribution in [0.25, 0.3) is 0 Å². The Morgan fingerprint density at radius 3 is 2.10 bits per heavy atom. The monoisotopic (exact) mass is 314 g/mol. The van der Waals surface area contributed by atoms with E-state index in [0.717, 1.165) is 19.8 Å². The van der Waals surface area contributed by atoms with E-state index in [4.69, 9.17) is 0 Å². The number of esters is 2. The summed E-state index contributed by atoms with van der Waals surface area (Å²) in [6.07, 6.45) is 0.595. The molecular formula is C13H14O7S. The van der Waals surface area contributed by atoms with Crippen molar-refractivity contribution in [1.82, 2.24) is 0 Å². The molecule has 0 bridgehead atoms. The summed E-state index contributed by atoms with van der Waals surface area (Å²) in [5, 5.41) is 0. The molecule has 0 saturated heterocycles. The minimum atomic E-state index is -4.26. The fraction of sp³-hybridized carbons (Fsp3) is 0.231. The zero-order valence-corrected chi connectivity index (χ0v) is 12.5. The molecule has 0 spiro atoms. The standard InChI is InChI=1S/C13H14O7S/c1-9-4-6-10(7-5-9)21(16,17)20-11(13(15)19-3)8-12(14)18-2/h4-8H,1-3H3/b11-8-. The number of carbonyl (C=O) groups excluding carboxylic acids is 2. The van der Waals surface area contributed by atoms with Crippen molar-refractivity contribution in [3.05, 3.63) is 41.7 Å². The third-order valence-electron chi connectivity index (χ3n) is 2.35. The van der Waals surface area contributed by atoms with E-state index < -0.39 is 27.8 Å². The van der Waals surface area contributed by atoms with Crippen LogP contribution >= 0.6 is 0 Å². The maximum absolute atomic E-state index is 12.0. The van der Waals surface area contributed by atoms with Crippen LogP contribution in [-0.2, 0) is 33.4 Å². The van der Waals surface area contributed by atoms with Crippen molar-refractivity contribution in [2.24, 2.45) is 0 Å². The van der Waals surface area contributed by atoms with Crippen molar-refractivity contribution < 1.29 is 31.7 Å². The molecule has 0 radical (unpaired) electrons. The van der Waals surface area contributed by atoms with E-state index in [1.54, 1.807) is 19.1 Å². The fourth-order valence-corrected chi connectivity index (χ4v) is 2.17. The number of benzene rings is 1. The molecule has 0 aliphatic rings. The fourth-order valence-electron chi connectivity index (χ4n) is 1.25. The van der Waals surface area contributed by atoms with Gasteiger partial charge in [0, 0.05) is 0 Å². The van der Waals surface area contributed by atoms with E-state index >= 15 is 0 Å². The summed E-state index contributed by atoms with van der Waals surface area (Å²) in [5.74, 6) is -2.85. The molecular weight excluding hydrogens is 300 g/mol. The van der Waals surface area contributed by atoms with Crippen LogP contribution in [0.4, 0.5) is 0 Å². The van der Waals surface area contributed by atoms with E-state index in [0.29, 0.717) is 6.08 Å². The van der Waals surface area contributed by atoms with Gasteiger partial charge in [0.05, 0.1) is 20.3 Å². The molecule has 1 aromatic carbocycles. The van der Waals surface area contributed by atoms with Crippen molar-refractivity contribution in [2.45, 2.75) is 11.8 Å². The predicted molar refractivity (Wildman–Crippen MR) is 71.6 cm³/mol. The van der Waals surface area contributed by atoms with E-state index in [1.807, 2.05) is 0 Å². The Morgan fingerprint density at radius 2 is 1.62 bits per heavy atom. The van der Waals surface area contributed by atoms with Crippen molar-refractivity contribution in [2.75, 3.05) is 14.2 Å². The second-order valence-electron chi connectivity index (χ2n) is 3.87. The van der Waals surface area contributed by atoms with Crippen molar-refractivity contribution in [3.63, 3.8) is 0 Å². The number of ether oxygens (including phenoxy) is 2. The van der Waals surface area contributed by atoms with E-state index in [1.165, 1.54) is 12.1 Å². The first-order chi connectivity index (χ1) is 9.80. The number of aryl methyl sites for hydroxylation is 1. The molecule has 7 nitrogen and oxygen atoms in total. The van der Waals surface area contributed by atoms with Crippen LogP contribution in [-0.4, -0.2) is 34.6 Å². The van der Waals surface area contributed by atoms with Crippen molar-refractivity contribution >= 4 is 22.1 Å². The van der Waals surface area contributed by atoms with Crippen LogP contribution in [0.5, 0.6) is 0 Å². The zero-order valence-electron chi connectivity index (χ0n) is 11.7. The summed E-state index contributed by atoms with van der Waals surface area (Å²) in [6, 6.07) is 5.77. The molecule has 21 heavy (non-hydrogen) atoms. The van der Waals surface area contributed by atoms with Gasteiger partial charge in [0.15, 0.2) is 0 Å². The second-order valence-corrected chi connectivity index (χ2v) is 5.42. The summed E-state index contributed by atoms with van der Waals surface area (Å²) in [7, 11) is -2.17. The molecule has 0 aromatic heterocycles. The molecule has 0 fully saturated rings. The highest BCUT2D eigenvalue weighted by Gasteiger charge is 2.24. The Kier molecular flexibility index (Phi) is 5.48. The molecule has 114 valence electrons. The maximum Gasteiger partial charge on any atom is 0.375 e. The van der Waals surface area contributed by atoms with Gasteiger partial charge in [-0.15, -0.1) is 0 Å². The minimum Gasteiger partial charge on any atom is -0.466 e. The lowest BCUT2D eigenvalue weighted by atomic mass is 10.2. The number of hydrogen-bond donors (Lipinski definition) is 0. The first-order valence-electron chi connectivity index (χ1n) is 5.69. The average Bonchev–Trinajstić information content (AvgIpc) is 2.45. The quantitative estimate of drug-likeness (QED) is 0.345. The van der Waals surface area contributed by atoms with Gasteiger partial charge in [0.1, 0.15) is 4.90 Å². The van der Waals surface area contributed by atoms with Gasteiger partial charge in [-0.25, -0.2) is 9.59 Å². The number of hydrogen-bond acceptors (Lipinski definition) is 7. The minimum absolute atomic E-state index is 0.159. The van der Waals surface area contributed by atoms with Crippen molar-refractivity contribution in [3.8, 4) is 0 Å². The van der Waals surface area contributed by atoms with Crippen molar-refractivity contribution in [1.29, 1.82) is 0 Å². The molecule has 0 N–H and O–H groups in total. The molecule has 0 atom stereocenters. The number of methoxy groups -OCH3 is 2. The summed E-state index contributed by atoms with van der Waals surface area (Å²) in [6.45, 7) is 1.79. The Morgan fingerprint density at radius 1 is 1.05 bits per heavy atom. The third kappa shape index (κ3) is 4.60. The van der Waals surface area contributed by atoms with Crippen LogP contribution in [0.3, 0.4) is 0 Å². The molecule has 0 aliphatic heterocycles. The molecule has 0 unspecified atom stereocenters. The Labute approximate surface area is 122 Å². The number of carbonyl (C=O) groups is 2. The van der Waals surface area contributed by atoms with Crippen LogP contribution in [0.2, 0.25) is 0 Å². The molecule has 0 heterocycles. The number of rotatable bonds is 5. The summed E-state index contributed by atoms with van der Waals surface area (Å²) < 4.78 is 37.4. The van der Waals surface area contributed by atoms with Gasteiger partial charge in [-0.3, -0.25) is 0 Å². The third-order valence-corrected chi connectivity index (χ3v) is 3.59. The molecule has 1 rings (SSSR count). The zero-order chi connectivity index (χ0) is 16.0. The normalized spacial score (nSPS) is 11.7. The molecule has 8 heteroatoms. The lowest BCUT2D eigenvalue weighted by Gasteiger charge is -2.09. The maximum atomic E-state index is 12.0. The van der Waals surface area contributed by atoms with Gasteiger partial charge in [-0.2, -0.15) is 8.42 Å². The van der Waals surface area contributed by atoms with Gasteiger partial charge in [-0.05, 0) is 19.1 Å². The Balaban J connectivity index is 3.13. The summed E-state index contributed by atoms with van der Waals surface area (Å²) in [5.41, 5.74) is 0.854. The second kappa shape index (κ2) is 6.89. The van der Waals surface area contributed by atoms with Gasteiger partial charge in [0.2, 0.25) is 5.76 Å². The first-order valence-corrected chi connectivity index (χ1v) is 7.10. The summed E-state index contributed by atoms with van der Waals surface area (Å²) >= 11 is 0. The van der Waals surface area contributed by atoms with E-state index in [2.05, 4.69) is 13.7 Å². The molecule has 0 saturated carbocycles. The lowest BCUT2D eigenvalue weighted by Crippen LogP contribution is -2.15. The van der Waals surface area contributed by atoms with E-state index in [9.17, 15) is 18.0 Å². The van der Waals surface area contributed by atoms with E-state index in [-0.39, 0.29) is 4.90 Å². The van der Waals surface area contributed by atoms with Gasteiger partial charge in [-0.1, -0.05) is 17.7 Å². The Hall–Kier alpha value is -2.35. The largest absolute Gasteiger partial charge is 0.466 e. The van der Waals surface area contributed by atoms with Crippen LogP contribution in [0, 0.1) is 6.92 Å². The average molecular weight is 314 g/mol. The molecule has 0 aliphatic carbocycles. The highest BCUT2D eigenvalue weighted by molar-refractivity contribution is 7.86. The molecule has 1 aromatic rings. The summed E-state index contributed by atoms with van der Waals surface area (Å²) in [4.78, 5) is 22.4. The van der Waals surface area contributed by atoms with Crippen LogP contribution in [0.15, 0.2) is 41.0 Å². The first kappa shape index (κ1) is 16.7. The van der Waals surface area contributed by atoms with Crippen LogP contribution < -0.4 is 0 Å². The van der Waals surface area contributed by atoms with Gasteiger partial charge in [0.25, 0.3) is 0 Å². The highest BCUT2D eigenvalue weighted by atomic mass is 32.2. The topological polar surface area (TPSA) is 96.0 Å². The van der Waals surface area contributed by atoms with Crippen LogP contribution in [0.1, 0.15) is 5.56 Å². The lowest BCUT2D eigenvalue weighted by molar-refractivity contribution is -0.140. The predicted octanol–water partition coefficient (Wildman–Crippen LogP) is 0.930.